The van der Waals surface area contributed by atoms with Gasteiger partial charge in [-0.25, -0.2) is 4.98 Å². The molecule has 0 aliphatic rings. The zero-order chi connectivity index (χ0) is 20.5. The van der Waals surface area contributed by atoms with Gasteiger partial charge in [0.05, 0.1) is 18.7 Å². The molecule has 3 aromatic rings. The minimum absolute atomic E-state index is 0.179. The van der Waals surface area contributed by atoms with Gasteiger partial charge in [0.15, 0.2) is 0 Å². The molecule has 0 bridgehead atoms. The highest BCUT2D eigenvalue weighted by atomic mass is 16.5. The summed E-state index contributed by atoms with van der Waals surface area (Å²) in [5.41, 5.74) is 3.35. The number of unbranched alkanes of at least 4 members (excludes halogenated alkanes) is 1. The minimum atomic E-state index is -0.235. The lowest BCUT2D eigenvalue weighted by Crippen LogP contribution is -2.21. The second kappa shape index (κ2) is 10.6. The first kappa shape index (κ1) is 20.8. The normalized spacial score (nSPS) is 11.9. The number of nitrogens with zero attached hydrogens (tertiary/aromatic N) is 2. The van der Waals surface area contributed by atoms with Crippen LogP contribution in [0, 0.1) is 5.92 Å². The maximum Gasteiger partial charge on any atom is 0.309 e. The molecule has 4 heteroatoms. The quantitative estimate of drug-likeness (QED) is 0.465. The molecule has 152 valence electrons. The zero-order valence-corrected chi connectivity index (χ0v) is 17.4. The number of methoxy groups -OCH3 is 1. The molecule has 0 saturated heterocycles. The Morgan fingerprint density at radius 1 is 1.00 bits per heavy atom. The van der Waals surface area contributed by atoms with Crippen LogP contribution in [0.3, 0.4) is 0 Å². The standard InChI is InChI=1S/C25H30N2O2/c1-3-4-15-24-26-23(19-27(24)18-21-13-9-6-10-14-21)17-22(25(28)29-2)16-20-11-7-5-8-12-20/h5-14,19,22H,3-4,15-18H2,1-2H3. The fraction of sp³-hybridized carbons (Fsp3) is 0.360. The molecule has 0 amide bonds. The summed E-state index contributed by atoms with van der Waals surface area (Å²) in [4.78, 5) is 17.3. The molecule has 0 aliphatic carbocycles. The molecule has 0 saturated carbocycles. The topological polar surface area (TPSA) is 44.1 Å². The van der Waals surface area contributed by atoms with Gasteiger partial charge in [-0.2, -0.15) is 0 Å². The molecule has 3 rings (SSSR count). The molecule has 2 aromatic carbocycles. The van der Waals surface area contributed by atoms with Gasteiger partial charge in [0.2, 0.25) is 0 Å². The largest absolute Gasteiger partial charge is 0.469 e. The average Bonchev–Trinajstić information content (AvgIpc) is 3.13. The van der Waals surface area contributed by atoms with Crippen LogP contribution in [0.2, 0.25) is 0 Å². The molecule has 0 aliphatic heterocycles. The Morgan fingerprint density at radius 2 is 1.66 bits per heavy atom. The first-order chi connectivity index (χ1) is 14.2. The van der Waals surface area contributed by atoms with Crippen LogP contribution in [-0.4, -0.2) is 22.6 Å². The van der Waals surface area contributed by atoms with E-state index in [0.717, 1.165) is 42.9 Å². The number of aryl methyl sites for hydroxylation is 1. The van der Waals surface area contributed by atoms with E-state index in [9.17, 15) is 4.79 Å². The summed E-state index contributed by atoms with van der Waals surface area (Å²) in [5.74, 6) is 0.678. The third kappa shape index (κ3) is 6.05. The first-order valence-electron chi connectivity index (χ1n) is 10.4. The van der Waals surface area contributed by atoms with Crippen molar-refractivity contribution in [2.24, 2.45) is 5.92 Å². The summed E-state index contributed by atoms with van der Waals surface area (Å²) < 4.78 is 7.31. The molecule has 4 nitrogen and oxygen atoms in total. The fourth-order valence-electron chi connectivity index (χ4n) is 3.62. The average molecular weight is 391 g/mol. The number of ether oxygens (including phenoxy) is 1. The number of benzene rings is 2. The summed E-state index contributed by atoms with van der Waals surface area (Å²) in [6.07, 6.45) is 6.54. The lowest BCUT2D eigenvalue weighted by molar-refractivity contribution is -0.145. The van der Waals surface area contributed by atoms with Gasteiger partial charge in [0.1, 0.15) is 5.82 Å². The second-order valence-electron chi connectivity index (χ2n) is 7.48. The van der Waals surface area contributed by atoms with Gasteiger partial charge in [-0.05, 0) is 24.0 Å². The van der Waals surface area contributed by atoms with Gasteiger partial charge >= 0.3 is 5.97 Å². The van der Waals surface area contributed by atoms with Crippen molar-refractivity contribution in [3.8, 4) is 0 Å². The molecule has 1 aromatic heterocycles. The maximum absolute atomic E-state index is 12.4. The maximum atomic E-state index is 12.4. The number of aromatic nitrogens is 2. The number of rotatable bonds is 10. The van der Waals surface area contributed by atoms with Crippen molar-refractivity contribution in [3.63, 3.8) is 0 Å². The molecular weight excluding hydrogens is 360 g/mol. The van der Waals surface area contributed by atoms with E-state index in [1.807, 2.05) is 24.3 Å². The number of hydrogen-bond acceptors (Lipinski definition) is 3. The lowest BCUT2D eigenvalue weighted by Gasteiger charge is -2.13. The third-order valence-electron chi connectivity index (χ3n) is 5.17. The number of carbonyl (C=O) groups excluding carboxylic acids is 1. The van der Waals surface area contributed by atoms with Crippen LogP contribution < -0.4 is 0 Å². The van der Waals surface area contributed by atoms with Crippen LogP contribution in [0.25, 0.3) is 0 Å². The number of hydrogen-bond donors (Lipinski definition) is 0. The predicted octanol–water partition coefficient (Wildman–Crippen LogP) is 4.85. The van der Waals surface area contributed by atoms with Gasteiger partial charge in [0, 0.05) is 25.6 Å². The highest BCUT2D eigenvalue weighted by Gasteiger charge is 2.22. The molecule has 1 heterocycles. The molecule has 29 heavy (non-hydrogen) atoms. The monoisotopic (exact) mass is 390 g/mol. The van der Waals surface area contributed by atoms with Crippen LogP contribution in [0.4, 0.5) is 0 Å². The van der Waals surface area contributed by atoms with Crippen molar-refractivity contribution >= 4 is 5.97 Å². The summed E-state index contributed by atoms with van der Waals surface area (Å²) in [5, 5.41) is 0. The van der Waals surface area contributed by atoms with Crippen LogP contribution in [0.5, 0.6) is 0 Å². The van der Waals surface area contributed by atoms with Crippen molar-refractivity contribution in [2.75, 3.05) is 7.11 Å². The Hall–Kier alpha value is -2.88. The minimum Gasteiger partial charge on any atom is -0.469 e. The molecule has 0 N–H and O–H groups in total. The van der Waals surface area contributed by atoms with Crippen LogP contribution in [-0.2, 0) is 35.3 Å². The van der Waals surface area contributed by atoms with E-state index >= 15 is 0 Å². The number of esters is 1. The van der Waals surface area contributed by atoms with Gasteiger partial charge in [-0.1, -0.05) is 74.0 Å². The van der Waals surface area contributed by atoms with E-state index in [4.69, 9.17) is 9.72 Å². The van der Waals surface area contributed by atoms with Gasteiger partial charge in [-0.15, -0.1) is 0 Å². The van der Waals surface area contributed by atoms with Crippen molar-refractivity contribution < 1.29 is 9.53 Å². The highest BCUT2D eigenvalue weighted by Crippen LogP contribution is 2.18. The Bertz CT molecular complexity index is 888. The van der Waals surface area contributed by atoms with Gasteiger partial charge in [0.25, 0.3) is 0 Å². The third-order valence-corrected chi connectivity index (χ3v) is 5.17. The van der Waals surface area contributed by atoms with E-state index in [2.05, 4.69) is 54.1 Å². The SMILES string of the molecule is CCCCc1nc(CC(Cc2ccccc2)C(=O)OC)cn1Cc1ccccc1. The molecular formula is C25H30N2O2. The van der Waals surface area contributed by atoms with Crippen molar-refractivity contribution in [1.82, 2.24) is 9.55 Å². The van der Waals surface area contributed by atoms with Crippen molar-refractivity contribution in [3.05, 3.63) is 89.5 Å². The summed E-state index contributed by atoms with van der Waals surface area (Å²) >= 11 is 0. The van der Waals surface area contributed by atoms with Crippen LogP contribution in [0.15, 0.2) is 66.9 Å². The first-order valence-corrected chi connectivity index (χ1v) is 10.4. The van der Waals surface area contributed by atoms with E-state index in [1.165, 1.54) is 12.7 Å². The van der Waals surface area contributed by atoms with E-state index in [1.54, 1.807) is 0 Å². The molecule has 0 fully saturated rings. The van der Waals surface area contributed by atoms with E-state index in [0.29, 0.717) is 12.8 Å². The van der Waals surface area contributed by atoms with Crippen LogP contribution in [0.1, 0.15) is 42.4 Å². The molecule has 1 atom stereocenters. The summed E-state index contributed by atoms with van der Waals surface area (Å²) in [7, 11) is 1.46. The fourth-order valence-corrected chi connectivity index (χ4v) is 3.62. The van der Waals surface area contributed by atoms with Gasteiger partial charge in [-0.3, -0.25) is 4.79 Å². The van der Waals surface area contributed by atoms with Crippen molar-refractivity contribution in [1.29, 1.82) is 0 Å². The number of imidazole rings is 1. The Balaban J connectivity index is 1.80. The summed E-state index contributed by atoms with van der Waals surface area (Å²) in [6.45, 7) is 2.99. The molecule has 0 spiro atoms. The number of carbonyl (C=O) groups is 1. The van der Waals surface area contributed by atoms with Crippen LogP contribution >= 0.6 is 0 Å². The van der Waals surface area contributed by atoms with Crippen molar-refractivity contribution in [2.45, 2.75) is 45.6 Å². The van der Waals surface area contributed by atoms with E-state index in [-0.39, 0.29) is 11.9 Å². The summed E-state index contributed by atoms with van der Waals surface area (Å²) in [6, 6.07) is 20.5. The van der Waals surface area contributed by atoms with Gasteiger partial charge < -0.3 is 9.30 Å². The lowest BCUT2D eigenvalue weighted by atomic mass is 9.95. The highest BCUT2D eigenvalue weighted by molar-refractivity contribution is 5.73. The second-order valence-corrected chi connectivity index (χ2v) is 7.48. The smallest absolute Gasteiger partial charge is 0.309 e. The Kier molecular flexibility index (Phi) is 7.62. The predicted molar refractivity (Wildman–Crippen MR) is 116 cm³/mol. The Morgan fingerprint density at radius 3 is 2.28 bits per heavy atom. The molecule has 0 radical (unpaired) electrons. The van der Waals surface area contributed by atoms with E-state index < -0.39 is 0 Å². The Labute approximate surface area is 173 Å². The zero-order valence-electron chi connectivity index (χ0n) is 17.4. The molecule has 1 unspecified atom stereocenters.